The number of nitrogens with two attached hydrogens (primary N) is 1. The van der Waals surface area contributed by atoms with Crippen LogP contribution in [0.3, 0.4) is 0 Å². The van der Waals surface area contributed by atoms with Crippen molar-refractivity contribution in [1.82, 2.24) is 4.90 Å². The molecule has 6 nitrogen and oxygen atoms in total. The monoisotopic (exact) mass is 278 g/mol. The zero-order valence-electron chi connectivity index (χ0n) is 11.0. The van der Waals surface area contributed by atoms with Gasteiger partial charge in [-0.25, -0.2) is 8.42 Å². The molecule has 0 bridgehead atoms. The number of nitrogens with zero attached hydrogens (tertiary/aromatic N) is 1. The quantitative estimate of drug-likeness (QED) is 0.677. The number of carbonyl (C=O) groups excluding carboxylic acids is 1. The van der Waals surface area contributed by atoms with Crippen LogP contribution in [0, 0.1) is 0 Å². The second kappa shape index (κ2) is 6.49. The van der Waals surface area contributed by atoms with E-state index in [1.165, 1.54) is 0 Å². The third-order valence-corrected chi connectivity index (χ3v) is 4.93. The molecule has 1 aliphatic rings. The zero-order valence-corrected chi connectivity index (χ0v) is 11.8. The first-order valence-electron chi connectivity index (χ1n) is 6.13. The molecule has 2 N–H and O–H groups in total. The van der Waals surface area contributed by atoms with Crippen LogP contribution in [0.25, 0.3) is 0 Å². The fourth-order valence-corrected chi connectivity index (χ4v) is 3.67. The van der Waals surface area contributed by atoms with E-state index in [-0.39, 0.29) is 30.0 Å². The van der Waals surface area contributed by atoms with Gasteiger partial charge in [0.25, 0.3) is 0 Å². The number of hydrogen-bond acceptors (Lipinski definition) is 5. The van der Waals surface area contributed by atoms with Crippen LogP contribution >= 0.6 is 0 Å². The molecule has 1 aliphatic heterocycles. The molecule has 1 amide bonds. The van der Waals surface area contributed by atoms with E-state index < -0.39 is 15.9 Å². The molecule has 1 rings (SSSR count). The van der Waals surface area contributed by atoms with E-state index in [0.717, 1.165) is 6.42 Å². The molecule has 0 aromatic heterocycles. The summed E-state index contributed by atoms with van der Waals surface area (Å²) in [5.74, 6) is -0.0919. The van der Waals surface area contributed by atoms with E-state index in [1.807, 2.05) is 0 Å². The maximum Gasteiger partial charge on any atom is 0.239 e. The normalized spacial score (nSPS) is 24.8. The van der Waals surface area contributed by atoms with Crippen molar-refractivity contribution in [3.05, 3.63) is 0 Å². The lowest BCUT2D eigenvalue weighted by atomic mass is 10.1. The second-order valence-electron chi connectivity index (χ2n) is 4.74. The van der Waals surface area contributed by atoms with Crippen LogP contribution in [0.2, 0.25) is 0 Å². The van der Waals surface area contributed by atoms with Crippen LogP contribution in [0.5, 0.6) is 0 Å². The molecule has 1 fully saturated rings. The summed E-state index contributed by atoms with van der Waals surface area (Å²) in [6, 6.07) is -0.854. The average molecular weight is 278 g/mol. The SMILES string of the molecule is COCCCC(N)C(=O)N1CCS(=O)(=O)CC1C. The molecule has 2 unspecified atom stereocenters. The molecule has 106 valence electrons. The first kappa shape index (κ1) is 15.4. The van der Waals surface area contributed by atoms with Crippen molar-refractivity contribution in [3.8, 4) is 0 Å². The van der Waals surface area contributed by atoms with Crippen LogP contribution < -0.4 is 5.73 Å². The van der Waals surface area contributed by atoms with Crippen LogP contribution in [-0.2, 0) is 19.4 Å². The molecule has 0 aromatic rings. The Hall–Kier alpha value is -0.660. The fourth-order valence-electron chi connectivity index (χ4n) is 2.11. The van der Waals surface area contributed by atoms with Gasteiger partial charge in [-0.2, -0.15) is 0 Å². The van der Waals surface area contributed by atoms with E-state index in [0.29, 0.717) is 13.0 Å². The van der Waals surface area contributed by atoms with Crippen molar-refractivity contribution in [2.75, 3.05) is 31.8 Å². The van der Waals surface area contributed by atoms with Gasteiger partial charge in [-0.1, -0.05) is 0 Å². The van der Waals surface area contributed by atoms with Crippen molar-refractivity contribution < 1.29 is 17.9 Å². The summed E-state index contributed by atoms with van der Waals surface area (Å²) >= 11 is 0. The standard InChI is InChI=1S/C11H22N2O4S/c1-9-8-18(15,16)7-5-13(9)11(14)10(12)4-3-6-17-2/h9-10H,3-8,12H2,1-2H3. The Balaban J connectivity index is 2.51. The van der Waals surface area contributed by atoms with Crippen molar-refractivity contribution in [2.45, 2.75) is 31.8 Å². The fraction of sp³-hybridized carbons (Fsp3) is 0.909. The summed E-state index contributed by atoms with van der Waals surface area (Å²) < 4.78 is 27.8. The lowest BCUT2D eigenvalue weighted by molar-refractivity contribution is -0.134. The molecule has 7 heteroatoms. The predicted octanol–water partition coefficient (Wildman–Crippen LogP) is -0.614. The Morgan fingerprint density at radius 2 is 2.22 bits per heavy atom. The number of rotatable bonds is 5. The third-order valence-electron chi connectivity index (χ3n) is 3.13. The van der Waals surface area contributed by atoms with Crippen LogP contribution in [-0.4, -0.2) is 63.1 Å². The van der Waals surface area contributed by atoms with Gasteiger partial charge in [0.05, 0.1) is 17.5 Å². The highest BCUT2D eigenvalue weighted by Crippen LogP contribution is 2.13. The van der Waals surface area contributed by atoms with E-state index in [2.05, 4.69) is 0 Å². The zero-order chi connectivity index (χ0) is 13.8. The van der Waals surface area contributed by atoms with E-state index in [9.17, 15) is 13.2 Å². The van der Waals surface area contributed by atoms with E-state index in [1.54, 1.807) is 18.9 Å². The summed E-state index contributed by atoms with van der Waals surface area (Å²) in [6.07, 6.45) is 1.28. The number of amides is 1. The van der Waals surface area contributed by atoms with Crippen LogP contribution in [0.1, 0.15) is 19.8 Å². The molecular formula is C11H22N2O4S. The minimum Gasteiger partial charge on any atom is -0.385 e. The molecular weight excluding hydrogens is 256 g/mol. The lowest BCUT2D eigenvalue weighted by Gasteiger charge is -2.34. The van der Waals surface area contributed by atoms with Crippen molar-refractivity contribution >= 4 is 15.7 Å². The van der Waals surface area contributed by atoms with Crippen LogP contribution in [0.4, 0.5) is 0 Å². The largest absolute Gasteiger partial charge is 0.385 e. The molecule has 0 spiro atoms. The third kappa shape index (κ3) is 4.22. The Labute approximate surface area is 108 Å². The topological polar surface area (TPSA) is 89.7 Å². The highest BCUT2D eigenvalue weighted by atomic mass is 32.2. The summed E-state index contributed by atoms with van der Waals surface area (Å²) in [4.78, 5) is 13.7. The summed E-state index contributed by atoms with van der Waals surface area (Å²) in [5.41, 5.74) is 5.82. The Bertz CT molecular complexity index is 383. The number of ether oxygens (including phenoxy) is 1. The first-order chi connectivity index (χ1) is 8.37. The van der Waals surface area contributed by atoms with E-state index in [4.69, 9.17) is 10.5 Å². The van der Waals surface area contributed by atoms with Crippen LogP contribution in [0.15, 0.2) is 0 Å². The van der Waals surface area contributed by atoms with Gasteiger partial charge in [-0.05, 0) is 19.8 Å². The molecule has 18 heavy (non-hydrogen) atoms. The maximum atomic E-state index is 12.1. The van der Waals surface area contributed by atoms with Crippen molar-refractivity contribution in [2.24, 2.45) is 5.73 Å². The van der Waals surface area contributed by atoms with Gasteiger partial charge in [-0.3, -0.25) is 4.79 Å². The number of sulfone groups is 1. The lowest BCUT2D eigenvalue weighted by Crippen LogP contribution is -2.54. The van der Waals surface area contributed by atoms with Gasteiger partial charge in [-0.15, -0.1) is 0 Å². The molecule has 2 atom stereocenters. The summed E-state index contributed by atoms with van der Waals surface area (Å²) in [5, 5.41) is 0. The highest BCUT2D eigenvalue weighted by molar-refractivity contribution is 7.91. The molecule has 0 aromatic carbocycles. The minimum absolute atomic E-state index is 0.0313. The molecule has 0 radical (unpaired) electrons. The Morgan fingerprint density at radius 3 is 2.78 bits per heavy atom. The van der Waals surface area contributed by atoms with Crippen molar-refractivity contribution in [1.29, 1.82) is 0 Å². The first-order valence-corrected chi connectivity index (χ1v) is 7.95. The molecule has 0 aliphatic carbocycles. The Morgan fingerprint density at radius 1 is 1.56 bits per heavy atom. The van der Waals surface area contributed by atoms with Gasteiger partial charge >= 0.3 is 0 Å². The Kier molecular flexibility index (Phi) is 5.55. The predicted molar refractivity (Wildman–Crippen MR) is 68.9 cm³/mol. The smallest absolute Gasteiger partial charge is 0.239 e. The minimum atomic E-state index is -3.00. The maximum absolute atomic E-state index is 12.1. The number of carbonyl (C=O) groups is 1. The summed E-state index contributed by atoms with van der Waals surface area (Å²) in [6.45, 7) is 2.57. The number of hydrogen-bond donors (Lipinski definition) is 1. The van der Waals surface area contributed by atoms with Gasteiger partial charge in [0.1, 0.15) is 0 Å². The van der Waals surface area contributed by atoms with E-state index >= 15 is 0 Å². The van der Waals surface area contributed by atoms with Gasteiger partial charge < -0.3 is 15.4 Å². The molecule has 1 heterocycles. The summed E-state index contributed by atoms with van der Waals surface area (Å²) in [7, 11) is -1.40. The second-order valence-corrected chi connectivity index (χ2v) is 6.97. The van der Waals surface area contributed by atoms with Gasteiger partial charge in [0.15, 0.2) is 9.84 Å². The number of methoxy groups -OCH3 is 1. The van der Waals surface area contributed by atoms with Gasteiger partial charge in [0, 0.05) is 26.3 Å². The molecule has 1 saturated heterocycles. The van der Waals surface area contributed by atoms with Gasteiger partial charge in [0.2, 0.25) is 5.91 Å². The average Bonchev–Trinajstić information content (AvgIpc) is 2.27. The highest BCUT2D eigenvalue weighted by Gasteiger charge is 2.33. The molecule has 0 saturated carbocycles. The van der Waals surface area contributed by atoms with Crippen molar-refractivity contribution in [3.63, 3.8) is 0 Å².